The van der Waals surface area contributed by atoms with Gasteiger partial charge >= 0.3 is 0 Å². The molecule has 74 valence electrons. The number of rotatable bonds is 3. The van der Waals surface area contributed by atoms with E-state index in [1.807, 2.05) is 18.2 Å². The number of hydrogen-bond acceptors (Lipinski definition) is 2. The van der Waals surface area contributed by atoms with Crippen LogP contribution in [0.2, 0.25) is 0 Å². The van der Waals surface area contributed by atoms with E-state index in [1.54, 1.807) is 0 Å². The van der Waals surface area contributed by atoms with Gasteiger partial charge in [0.2, 0.25) is 5.12 Å². The minimum atomic E-state index is 0.252. The Morgan fingerprint density at radius 1 is 1.36 bits per heavy atom. The van der Waals surface area contributed by atoms with Crippen LogP contribution in [0.5, 0.6) is 0 Å². The zero-order valence-corrected chi connectivity index (χ0v) is 9.14. The van der Waals surface area contributed by atoms with Gasteiger partial charge in [0.05, 0.1) is 0 Å². The molecule has 0 spiro atoms. The Morgan fingerprint density at radius 2 is 2.14 bits per heavy atom. The summed E-state index contributed by atoms with van der Waals surface area (Å²) in [6.45, 7) is 2.19. The third-order valence-corrected chi connectivity index (χ3v) is 3.80. The number of unbranched alkanes of at least 4 members (excludes halogenated alkanes) is 1. The number of hydrogen-bond donors (Lipinski definition) is 0. The summed E-state index contributed by atoms with van der Waals surface area (Å²) in [5.41, 5.74) is 2.18. The summed E-state index contributed by atoms with van der Waals surface area (Å²) in [6.07, 6.45) is 3.54. The van der Waals surface area contributed by atoms with Gasteiger partial charge in [-0.2, -0.15) is 0 Å². The second-order valence-electron chi connectivity index (χ2n) is 3.62. The molecule has 0 amide bonds. The predicted molar refractivity (Wildman–Crippen MR) is 60.6 cm³/mol. The molecule has 1 aliphatic rings. The standard InChI is InChI=1S/C12H14OS/c1-2-3-8-11-9-6-4-5-7-10(9)12(13)14-11/h4-7,11H,2-3,8H2,1H3. The highest BCUT2D eigenvalue weighted by atomic mass is 32.2. The van der Waals surface area contributed by atoms with Crippen molar-refractivity contribution in [1.82, 2.24) is 0 Å². The van der Waals surface area contributed by atoms with Crippen molar-refractivity contribution in [3.05, 3.63) is 35.4 Å². The molecule has 0 aromatic heterocycles. The maximum absolute atomic E-state index is 11.6. The third kappa shape index (κ3) is 1.71. The molecule has 1 aliphatic heterocycles. The van der Waals surface area contributed by atoms with Crippen molar-refractivity contribution >= 4 is 16.9 Å². The average Bonchev–Trinajstić information content (AvgIpc) is 2.54. The molecule has 1 heterocycles. The largest absolute Gasteiger partial charge is 0.282 e. The van der Waals surface area contributed by atoms with Crippen LogP contribution in [0.25, 0.3) is 0 Å². The van der Waals surface area contributed by atoms with E-state index < -0.39 is 0 Å². The molecule has 0 bridgehead atoms. The van der Waals surface area contributed by atoms with Crippen LogP contribution in [-0.2, 0) is 0 Å². The van der Waals surface area contributed by atoms with Crippen LogP contribution < -0.4 is 0 Å². The summed E-state index contributed by atoms with van der Waals surface area (Å²) in [5, 5.41) is 0.667. The third-order valence-electron chi connectivity index (χ3n) is 2.60. The van der Waals surface area contributed by atoms with Gasteiger partial charge in [-0.05, 0) is 12.0 Å². The van der Waals surface area contributed by atoms with Crippen molar-refractivity contribution in [3.8, 4) is 0 Å². The highest BCUT2D eigenvalue weighted by Gasteiger charge is 2.28. The lowest BCUT2D eigenvalue weighted by molar-refractivity contribution is 0.109. The number of carbonyl (C=O) groups excluding carboxylic acids is 1. The van der Waals surface area contributed by atoms with Crippen molar-refractivity contribution in [1.29, 1.82) is 0 Å². The van der Waals surface area contributed by atoms with Crippen LogP contribution in [0.15, 0.2) is 24.3 Å². The normalized spacial score (nSPS) is 19.8. The van der Waals surface area contributed by atoms with Crippen LogP contribution in [0.3, 0.4) is 0 Å². The Morgan fingerprint density at radius 3 is 2.93 bits per heavy atom. The van der Waals surface area contributed by atoms with Gasteiger partial charge in [-0.25, -0.2) is 0 Å². The summed E-state index contributed by atoms with van der Waals surface area (Å²) < 4.78 is 0. The van der Waals surface area contributed by atoms with E-state index in [4.69, 9.17) is 0 Å². The van der Waals surface area contributed by atoms with Gasteiger partial charge in [-0.15, -0.1) is 0 Å². The fourth-order valence-electron chi connectivity index (χ4n) is 1.82. The van der Waals surface area contributed by atoms with E-state index in [2.05, 4.69) is 13.0 Å². The van der Waals surface area contributed by atoms with Crippen molar-refractivity contribution in [2.45, 2.75) is 31.4 Å². The Kier molecular flexibility index (Phi) is 2.92. The van der Waals surface area contributed by atoms with Gasteiger partial charge in [-0.1, -0.05) is 55.8 Å². The molecule has 0 radical (unpaired) electrons. The molecule has 1 nitrogen and oxygen atoms in total. The predicted octanol–water partition coefficient (Wildman–Crippen LogP) is 3.80. The lowest BCUT2D eigenvalue weighted by Crippen LogP contribution is -1.89. The van der Waals surface area contributed by atoms with Crippen LogP contribution in [0, 0.1) is 0 Å². The van der Waals surface area contributed by atoms with Gasteiger partial charge in [0.15, 0.2) is 0 Å². The molecule has 0 saturated heterocycles. The topological polar surface area (TPSA) is 17.1 Å². The molecule has 0 N–H and O–H groups in total. The second kappa shape index (κ2) is 4.18. The number of carbonyl (C=O) groups is 1. The zero-order valence-electron chi connectivity index (χ0n) is 8.32. The van der Waals surface area contributed by atoms with E-state index in [9.17, 15) is 4.79 Å². The highest BCUT2D eigenvalue weighted by molar-refractivity contribution is 8.14. The zero-order chi connectivity index (χ0) is 9.97. The maximum atomic E-state index is 11.6. The molecule has 2 rings (SSSR count). The quantitative estimate of drug-likeness (QED) is 0.748. The highest BCUT2D eigenvalue weighted by Crippen LogP contribution is 2.44. The van der Waals surface area contributed by atoms with E-state index in [-0.39, 0.29) is 5.12 Å². The molecule has 2 heteroatoms. The molecule has 14 heavy (non-hydrogen) atoms. The molecule has 0 aliphatic carbocycles. The van der Waals surface area contributed by atoms with Gasteiger partial charge in [0.1, 0.15) is 0 Å². The smallest absolute Gasteiger partial charge is 0.220 e. The van der Waals surface area contributed by atoms with Crippen LogP contribution in [-0.4, -0.2) is 5.12 Å². The van der Waals surface area contributed by atoms with Crippen LogP contribution in [0.1, 0.15) is 47.4 Å². The van der Waals surface area contributed by atoms with Gasteiger partial charge < -0.3 is 0 Å². The fraction of sp³-hybridized carbons (Fsp3) is 0.417. The average molecular weight is 206 g/mol. The molecule has 0 saturated carbocycles. The summed E-state index contributed by atoms with van der Waals surface area (Å²) in [4.78, 5) is 11.6. The first-order valence-electron chi connectivity index (χ1n) is 5.13. The Labute approximate surface area is 88.9 Å². The Hall–Kier alpha value is -0.760. The van der Waals surface area contributed by atoms with Crippen molar-refractivity contribution in [2.75, 3.05) is 0 Å². The molecule has 1 atom stereocenters. The SMILES string of the molecule is CCCCC1SC(=O)c2ccccc21. The first kappa shape index (κ1) is 9.78. The van der Waals surface area contributed by atoms with Crippen LogP contribution >= 0.6 is 11.8 Å². The fourth-order valence-corrected chi connectivity index (χ4v) is 3.01. The molecule has 0 fully saturated rings. The molecule has 1 aromatic carbocycles. The first-order chi connectivity index (χ1) is 6.83. The van der Waals surface area contributed by atoms with E-state index in [0.29, 0.717) is 5.25 Å². The monoisotopic (exact) mass is 206 g/mol. The van der Waals surface area contributed by atoms with E-state index >= 15 is 0 Å². The van der Waals surface area contributed by atoms with Gasteiger partial charge in [0.25, 0.3) is 0 Å². The van der Waals surface area contributed by atoms with Crippen LogP contribution in [0.4, 0.5) is 0 Å². The molecular formula is C12H14OS. The molecule has 1 aromatic rings. The summed E-state index contributed by atoms with van der Waals surface area (Å²) >= 11 is 1.50. The second-order valence-corrected chi connectivity index (χ2v) is 4.80. The minimum absolute atomic E-state index is 0.252. The first-order valence-corrected chi connectivity index (χ1v) is 6.00. The number of benzene rings is 1. The maximum Gasteiger partial charge on any atom is 0.220 e. The molecular weight excluding hydrogens is 192 g/mol. The molecule has 1 unspecified atom stereocenters. The van der Waals surface area contributed by atoms with E-state index in [1.165, 1.54) is 30.2 Å². The van der Waals surface area contributed by atoms with Gasteiger partial charge in [-0.3, -0.25) is 4.79 Å². The summed E-state index contributed by atoms with van der Waals surface area (Å²) in [6, 6.07) is 8.00. The Balaban J connectivity index is 2.21. The lowest BCUT2D eigenvalue weighted by Gasteiger charge is -2.07. The lowest BCUT2D eigenvalue weighted by atomic mass is 10.0. The summed E-state index contributed by atoms with van der Waals surface area (Å²) in [7, 11) is 0. The van der Waals surface area contributed by atoms with Crippen molar-refractivity contribution in [2.24, 2.45) is 0 Å². The summed E-state index contributed by atoms with van der Waals surface area (Å²) in [5.74, 6) is 0. The van der Waals surface area contributed by atoms with E-state index in [0.717, 1.165) is 12.0 Å². The van der Waals surface area contributed by atoms with Gasteiger partial charge in [0, 0.05) is 10.8 Å². The van der Waals surface area contributed by atoms with Crippen molar-refractivity contribution in [3.63, 3.8) is 0 Å². The minimum Gasteiger partial charge on any atom is -0.282 e. The number of thioether (sulfide) groups is 1. The van der Waals surface area contributed by atoms with Crippen molar-refractivity contribution < 1.29 is 4.79 Å². The Bertz CT molecular complexity index is 346. The number of fused-ring (bicyclic) bond motifs is 1.